The van der Waals surface area contributed by atoms with Gasteiger partial charge >= 0.3 is 5.97 Å². The van der Waals surface area contributed by atoms with Crippen molar-refractivity contribution in [3.63, 3.8) is 0 Å². The maximum absolute atomic E-state index is 11.8. The molecular formula is C13H17NO3S. The Morgan fingerprint density at radius 3 is 2.44 bits per heavy atom. The first kappa shape index (κ1) is 14.6. The van der Waals surface area contributed by atoms with E-state index in [9.17, 15) is 9.59 Å². The largest absolute Gasteiger partial charge is 0.456 e. The van der Waals surface area contributed by atoms with Gasteiger partial charge in [0.25, 0.3) is 0 Å². The molecule has 0 aliphatic heterocycles. The molecule has 0 aromatic heterocycles. The van der Waals surface area contributed by atoms with Crippen LogP contribution in [0.15, 0.2) is 30.3 Å². The van der Waals surface area contributed by atoms with E-state index in [1.54, 1.807) is 6.92 Å². The summed E-state index contributed by atoms with van der Waals surface area (Å²) in [4.78, 5) is 22.7. The molecular weight excluding hydrogens is 250 g/mol. The molecule has 0 fully saturated rings. The summed E-state index contributed by atoms with van der Waals surface area (Å²) in [5.74, 6) is -0.546. The molecule has 4 nitrogen and oxygen atoms in total. The number of benzene rings is 1. The Kier molecular flexibility index (Phi) is 5.71. The summed E-state index contributed by atoms with van der Waals surface area (Å²) in [6.45, 7) is 3.14. The summed E-state index contributed by atoms with van der Waals surface area (Å²) < 4.78 is 5.29. The highest BCUT2D eigenvalue weighted by molar-refractivity contribution is 7.80. The van der Waals surface area contributed by atoms with Gasteiger partial charge in [0.05, 0.1) is 0 Å². The Balaban J connectivity index is 2.60. The maximum atomic E-state index is 11.8. The molecule has 98 valence electrons. The molecule has 5 heteroatoms. The van der Waals surface area contributed by atoms with Gasteiger partial charge in [-0.1, -0.05) is 30.3 Å². The third-order valence-electron chi connectivity index (χ3n) is 2.41. The lowest BCUT2D eigenvalue weighted by atomic mass is 10.1. The van der Waals surface area contributed by atoms with E-state index in [1.165, 1.54) is 6.92 Å². The first-order valence-corrected chi connectivity index (χ1v) is 6.31. The second-order valence-electron chi connectivity index (χ2n) is 3.93. The predicted octanol–water partition coefficient (Wildman–Crippen LogP) is 1.73. The number of carbonyl (C=O) groups is 2. The van der Waals surface area contributed by atoms with Crippen molar-refractivity contribution in [1.29, 1.82) is 0 Å². The highest BCUT2D eigenvalue weighted by Crippen LogP contribution is 2.16. The Hall–Kier alpha value is -1.49. The number of esters is 1. The SMILES string of the molecule is CC(=O)N[C@@H](CS)C(=O)OC(C)c1ccccc1. The molecule has 1 aromatic rings. The van der Waals surface area contributed by atoms with Crippen molar-refractivity contribution in [3.8, 4) is 0 Å². The molecule has 0 radical (unpaired) electrons. The van der Waals surface area contributed by atoms with Crippen molar-refractivity contribution in [2.24, 2.45) is 0 Å². The average Bonchev–Trinajstić information content (AvgIpc) is 2.36. The average molecular weight is 267 g/mol. The molecule has 0 bridgehead atoms. The van der Waals surface area contributed by atoms with Gasteiger partial charge < -0.3 is 10.1 Å². The number of rotatable bonds is 5. The third kappa shape index (κ3) is 4.41. The number of ether oxygens (including phenoxy) is 1. The Morgan fingerprint density at radius 2 is 1.94 bits per heavy atom. The number of hydrogen-bond donors (Lipinski definition) is 2. The van der Waals surface area contributed by atoms with E-state index in [0.29, 0.717) is 0 Å². The molecule has 1 aromatic carbocycles. The molecule has 0 aliphatic rings. The molecule has 0 saturated carbocycles. The summed E-state index contributed by atoms with van der Waals surface area (Å²) >= 11 is 4.02. The number of nitrogens with one attached hydrogen (secondary N) is 1. The fourth-order valence-electron chi connectivity index (χ4n) is 1.47. The number of amides is 1. The minimum Gasteiger partial charge on any atom is -0.456 e. The monoisotopic (exact) mass is 267 g/mol. The number of carbonyl (C=O) groups excluding carboxylic acids is 2. The van der Waals surface area contributed by atoms with E-state index < -0.39 is 12.0 Å². The van der Waals surface area contributed by atoms with Crippen LogP contribution in [0.4, 0.5) is 0 Å². The smallest absolute Gasteiger partial charge is 0.330 e. The minimum atomic E-state index is -0.711. The normalized spacial score (nSPS) is 13.5. The van der Waals surface area contributed by atoms with Crippen molar-refractivity contribution >= 4 is 24.5 Å². The maximum Gasteiger partial charge on any atom is 0.330 e. The van der Waals surface area contributed by atoms with Crippen molar-refractivity contribution in [1.82, 2.24) is 5.32 Å². The van der Waals surface area contributed by atoms with Crippen molar-refractivity contribution < 1.29 is 14.3 Å². The highest BCUT2D eigenvalue weighted by Gasteiger charge is 2.21. The molecule has 0 spiro atoms. The van der Waals surface area contributed by atoms with Crippen LogP contribution in [0.25, 0.3) is 0 Å². The van der Waals surface area contributed by atoms with E-state index >= 15 is 0 Å². The lowest BCUT2D eigenvalue weighted by molar-refractivity contribution is -0.151. The summed E-state index contributed by atoms with van der Waals surface area (Å²) in [6, 6.07) is 8.70. The van der Waals surface area contributed by atoms with Gasteiger partial charge in [-0.3, -0.25) is 4.79 Å². The van der Waals surface area contributed by atoms with Crippen LogP contribution < -0.4 is 5.32 Å². The molecule has 1 unspecified atom stereocenters. The van der Waals surface area contributed by atoms with Gasteiger partial charge in [0, 0.05) is 12.7 Å². The van der Waals surface area contributed by atoms with Gasteiger partial charge in [-0.2, -0.15) is 12.6 Å². The molecule has 0 heterocycles. The summed E-state index contributed by atoms with van der Waals surface area (Å²) in [5, 5.41) is 2.50. The summed E-state index contributed by atoms with van der Waals surface area (Å²) in [7, 11) is 0. The second-order valence-corrected chi connectivity index (χ2v) is 4.29. The van der Waals surface area contributed by atoms with Crippen LogP contribution in [0.1, 0.15) is 25.5 Å². The fraction of sp³-hybridized carbons (Fsp3) is 0.385. The second kappa shape index (κ2) is 7.06. The van der Waals surface area contributed by atoms with E-state index in [0.717, 1.165) is 5.56 Å². The standard InChI is InChI=1S/C13H17NO3S/c1-9(11-6-4-3-5-7-11)17-13(16)12(8-18)14-10(2)15/h3-7,9,12,18H,8H2,1-2H3,(H,14,15)/t9?,12-/m0/s1. The van der Waals surface area contributed by atoms with E-state index in [-0.39, 0.29) is 17.8 Å². The zero-order valence-electron chi connectivity index (χ0n) is 10.4. The topological polar surface area (TPSA) is 55.4 Å². The van der Waals surface area contributed by atoms with Crippen molar-refractivity contribution in [2.45, 2.75) is 26.0 Å². The first-order valence-electron chi connectivity index (χ1n) is 5.68. The van der Waals surface area contributed by atoms with Gasteiger partial charge in [-0.05, 0) is 12.5 Å². The fourth-order valence-corrected chi connectivity index (χ4v) is 1.71. The van der Waals surface area contributed by atoms with Crippen LogP contribution >= 0.6 is 12.6 Å². The zero-order chi connectivity index (χ0) is 13.5. The zero-order valence-corrected chi connectivity index (χ0v) is 11.3. The van der Waals surface area contributed by atoms with Crippen LogP contribution in [-0.4, -0.2) is 23.7 Å². The molecule has 1 amide bonds. The predicted molar refractivity (Wildman–Crippen MR) is 72.4 cm³/mol. The highest BCUT2D eigenvalue weighted by atomic mass is 32.1. The number of hydrogen-bond acceptors (Lipinski definition) is 4. The number of thiol groups is 1. The van der Waals surface area contributed by atoms with Crippen LogP contribution in [0.2, 0.25) is 0 Å². The third-order valence-corrected chi connectivity index (χ3v) is 2.77. The first-order chi connectivity index (χ1) is 8.54. The molecule has 0 saturated heterocycles. The minimum absolute atomic E-state index is 0.208. The molecule has 1 rings (SSSR count). The van der Waals surface area contributed by atoms with E-state index in [1.807, 2.05) is 30.3 Å². The molecule has 1 N–H and O–H groups in total. The Bertz CT molecular complexity index is 408. The Labute approximate surface area is 112 Å². The van der Waals surface area contributed by atoms with Crippen LogP contribution in [0.3, 0.4) is 0 Å². The van der Waals surface area contributed by atoms with E-state index in [4.69, 9.17) is 4.74 Å². The van der Waals surface area contributed by atoms with Crippen LogP contribution in [0, 0.1) is 0 Å². The van der Waals surface area contributed by atoms with Gasteiger partial charge in [0.1, 0.15) is 12.1 Å². The summed E-state index contributed by atoms with van der Waals surface area (Å²) in [5.41, 5.74) is 0.909. The molecule has 18 heavy (non-hydrogen) atoms. The van der Waals surface area contributed by atoms with Crippen molar-refractivity contribution in [3.05, 3.63) is 35.9 Å². The Morgan fingerprint density at radius 1 is 1.33 bits per heavy atom. The van der Waals surface area contributed by atoms with Gasteiger partial charge in [0.15, 0.2) is 0 Å². The van der Waals surface area contributed by atoms with Gasteiger partial charge in [-0.15, -0.1) is 0 Å². The van der Waals surface area contributed by atoms with Crippen LogP contribution in [0.5, 0.6) is 0 Å². The van der Waals surface area contributed by atoms with Crippen molar-refractivity contribution in [2.75, 3.05) is 5.75 Å². The lowest BCUT2D eigenvalue weighted by Crippen LogP contribution is -2.42. The molecule has 0 aliphatic carbocycles. The van der Waals surface area contributed by atoms with Gasteiger partial charge in [-0.25, -0.2) is 4.79 Å². The molecule has 2 atom stereocenters. The summed E-state index contributed by atoms with van der Waals surface area (Å²) in [6.07, 6.45) is -0.352. The van der Waals surface area contributed by atoms with Gasteiger partial charge in [0.2, 0.25) is 5.91 Å². The lowest BCUT2D eigenvalue weighted by Gasteiger charge is -2.18. The van der Waals surface area contributed by atoms with Crippen LogP contribution in [-0.2, 0) is 14.3 Å². The van der Waals surface area contributed by atoms with E-state index in [2.05, 4.69) is 17.9 Å². The quantitative estimate of drug-likeness (QED) is 0.631.